The van der Waals surface area contributed by atoms with Crippen LogP contribution in [0, 0.1) is 0 Å². The number of hydrogen-bond donors (Lipinski definition) is 2. The molecule has 0 aromatic heterocycles. The highest BCUT2D eigenvalue weighted by atomic mass is 16.5. The molecule has 1 aromatic rings. The zero-order valence-electron chi connectivity index (χ0n) is 12.2. The zero-order chi connectivity index (χ0) is 14.4. The number of nitrogens with two attached hydrogens (primary N) is 1. The lowest BCUT2D eigenvalue weighted by Gasteiger charge is -2.32. The van der Waals surface area contributed by atoms with Crippen LogP contribution in [0.5, 0.6) is 5.75 Å². The van der Waals surface area contributed by atoms with E-state index < -0.39 is 0 Å². The van der Waals surface area contributed by atoms with E-state index in [2.05, 4.69) is 16.8 Å². The number of benzene rings is 1. The van der Waals surface area contributed by atoms with E-state index in [1.165, 1.54) is 0 Å². The second kappa shape index (κ2) is 7.59. The molecular formula is C15H25N3O2. The molecule has 1 fully saturated rings. The van der Waals surface area contributed by atoms with Gasteiger partial charge in [0.15, 0.2) is 0 Å². The second-order valence-corrected chi connectivity index (χ2v) is 5.35. The molecule has 1 aromatic carbocycles. The Labute approximate surface area is 120 Å². The van der Waals surface area contributed by atoms with Crippen LogP contribution in [0.1, 0.15) is 11.6 Å². The molecule has 1 heterocycles. The number of piperazine rings is 1. The van der Waals surface area contributed by atoms with Gasteiger partial charge >= 0.3 is 0 Å². The predicted octanol–water partition coefficient (Wildman–Crippen LogP) is 0.305. The van der Waals surface area contributed by atoms with Crippen LogP contribution in [-0.2, 0) is 0 Å². The standard InChI is InChI=1S/C15H25N3O2/c1-17-6-8-18(9-7-17)10-11-20-14-4-2-13(3-5-14)15(16)12-19/h2-5,15,19H,6-12,16H2,1H3/t15-/m1/s1. The average Bonchev–Trinajstić information content (AvgIpc) is 2.49. The smallest absolute Gasteiger partial charge is 0.119 e. The molecule has 3 N–H and O–H groups in total. The number of nitrogens with zero attached hydrogens (tertiary/aromatic N) is 2. The predicted molar refractivity (Wildman–Crippen MR) is 79.9 cm³/mol. The summed E-state index contributed by atoms with van der Waals surface area (Å²) in [6.45, 7) is 6.13. The highest BCUT2D eigenvalue weighted by Crippen LogP contribution is 2.16. The Morgan fingerprint density at radius 3 is 2.45 bits per heavy atom. The molecule has 1 aliphatic rings. The van der Waals surface area contributed by atoms with Gasteiger partial charge in [-0.1, -0.05) is 12.1 Å². The molecule has 0 bridgehead atoms. The van der Waals surface area contributed by atoms with Crippen LogP contribution in [0.25, 0.3) is 0 Å². The molecule has 1 saturated heterocycles. The summed E-state index contributed by atoms with van der Waals surface area (Å²) >= 11 is 0. The lowest BCUT2D eigenvalue weighted by molar-refractivity contribution is 0.133. The summed E-state index contributed by atoms with van der Waals surface area (Å²) in [4.78, 5) is 4.77. The zero-order valence-corrected chi connectivity index (χ0v) is 12.2. The van der Waals surface area contributed by atoms with Gasteiger partial charge in [-0.2, -0.15) is 0 Å². The van der Waals surface area contributed by atoms with Crippen LogP contribution in [-0.4, -0.2) is 67.9 Å². The third-order valence-corrected chi connectivity index (χ3v) is 3.78. The first-order chi connectivity index (χ1) is 9.69. The maximum absolute atomic E-state index is 9.00. The molecule has 0 amide bonds. The van der Waals surface area contributed by atoms with Crippen molar-refractivity contribution in [3.05, 3.63) is 29.8 Å². The van der Waals surface area contributed by atoms with Gasteiger partial charge in [0.2, 0.25) is 0 Å². The van der Waals surface area contributed by atoms with Crippen LogP contribution >= 0.6 is 0 Å². The molecule has 0 spiro atoms. The van der Waals surface area contributed by atoms with Gasteiger partial charge in [-0.15, -0.1) is 0 Å². The molecule has 2 rings (SSSR count). The van der Waals surface area contributed by atoms with Crippen molar-refractivity contribution in [2.75, 3.05) is 53.0 Å². The normalized spacial score (nSPS) is 18.9. The lowest BCUT2D eigenvalue weighted by atomic mass is 10.1. The summed E-state index contributed by atoms with van der Waals surface area (Å²) in [5.74, 6) is 0.855. The number of aliphatic hydroxyl groups excluding tert-OH is 1. The van der Waals surface area contributed by atoms with Gasteiger partial charge in [0, 0.05) is 32.7 Å². The highest BCUT2D eigenvalue weighted by Gasteiger charge is 2.13. The molecule has 0 saturated carbocycles. The summed E-state index contributed by atoms with van der Waals surface area (Å²) in [6, 6.07) is 7.33. The average molecular weight is 279 g/mol. The summed E-state index contributed by atoms with van der Waals surface area (Å²) in [5.41, 5.74) is 6.68. The van der Waals surface area contributed by atoms with E-state index in [1.54, 1.807) is 0 Å². The van der Waals surface area contributed by atoms with Crippen LogP contribution in [0.4, 0.5) is 0 Å². The molecule has 0 radical (unpaired) electrons. The van der Waals surface area contributed by atoms with Gasteiger partial charge in [-0.25, -0.2) is 0 Å². The van der Waals surface area contributed by atoms with Crippen molar-refractivity contribution in [1.82, 2.24) is 9.80 Å². The van der Waals surface area contributed by atoms with Gasteiger partial charge in [0.05, 0.1) is 12.6 Å². The van der Waals surface area contributed by atoms with Gasteiger partial charge in [0.25, 0.3) is 0 Å². The Kier molecular flexibility index (Phi) is 5.79. The minimum atomic E-state index is -0.311. The first-order valence-corrected chi connectivity index (χ1v) is 7.19. The molecule has 5 heteroatoms. The van der Waals surface area contributed by atoms with Gasteiger partial charge < -0.3 is 20.5 Å². The van der Waals surface area contributed by atoms with Crippen molar-refractivity contribution in [3.8, 4) is 5.75 Å². The molecule has 1 aliphatic heterocycles. The number of rotatable bonds is 6. The second-order valence-electron chi connectivity index (χ2n) is 5.35. The van der Waals surface area contributed by atoms with Crippen molar-refractivity contribution in [1.29, 1.82) is 0 Å². The number of likely N-dealkylation sites (N-methyl/N-ethyl adjacent to an activating group) is 1. The Balaban J connectivity index is 1.71. The number of aliphatic hydroxyl groups is 1. The third kappa shape index (κ3) is 4.45. The summed E-state index contributed by atoms with van der Waals surface area (Å²) in [7, 11) is 2.16. The van der Waals surface area contributed by atoms with Gasteiger partial charge in [-0.3, -0.25) is 4.90 Å². The third-order valence-electron chi connectivity index (χ3n) is 3.78. The Hall–Kier alpha value is -1.14. The van der Waals surface area contributed by atoms with E-state index in [1.807, 2.05) is 24.3 Å². The quantitative estimate of drug-likeness (QED) is 0.784. The van der Waals surface area contributed by atoms with E-state index >= 15 is 0 Å². The first-order valence-electron chi connectivity index (χ1n) is 7.19. The fourth-order valence-corrected chi connectivity index (χ4v) is 2.28. The maximum Gasteiger partial charge on any atom is 0.119 e. The molecule has 0 unspecified atom stereocenters. The largest absolute Gasteiger partial charge is 0.492 e. The summed E-state index contributed by atoms with van der Waals surface area (Å²) < 4.78 is 5.75. The fourth-order valence-electron chi connectivity index (χ4n) is 2.28. The van der Waals surface area contributed by atoms with E-state index in [4.69, 9.17) is 15.6 Å². The fraction of sp³-hybridized carbons (Fsp3) is 0.600. The topological polar surface area (TPSA) is 62.0 Å². The molecule has 20 heavy (non-hydrogen) atoms. The monoisotopic (exact) mass is 279 g/mol. The SMILES string of the molecule is CN1CCN(CCOc2ccc([C@H](N)CO)cc2)CC1. The van der Waals surface area contributed by atoms with Crippen LogP contribution in [0.3, 0.4) is 0 Å². The lowest BCUT2D eigenvalue weighted by Crippen LogP contribution is -2.45. The Morgan fingerprint density at radius 1 is 1.20 bits per heavy atom. The van der Waals surface area contributed by atoms with Crippen molar-refractivity contribution in [2.45, 2.75) is 6.04 Å². The Morgan fingerprint density at radius 2 is 1.85 bits per heavy atom. The molecule has 5 nitrogen and oxygen atoms in total. The number of hydrogen-bond acceptors (Lipinski definition) is 5. The minimum Gasteiger partial charge on any atom is -0.492 e. The van der Waals surface area contributed by atoms with Crippen molar-refractivity contribution in [3.63, 3.8) is 0 Å². The first kappa shape index (κ1) is 15.3. The van der Waals surface area contributed by atoms with Crippen molar-refractivity contribution >= 4 is 0 Å². The van der Waals surface area contributed by atoms with Crippen LogP contribution in [0.15, 0.2) is 24.3 Å². The summed E-state index contributed by atoms with van der Waals surface area (Å²) in [5, 5.41) is 9.00. The van der Waals surface area contributed by atoms with E-state index in [9.17, 15) is 0 Å². The van der Waals surface area contributed by atoms with Crippen LogP contribution < -0.4 is 10.5 Å². The maximum atomic E-state index is 9.00. The molecular weight excluding hydrogens is 254 g/mol. The van der Waals surface area contributed by atoms with Gasteiger partial charge in [0.1, 0.15) is 12.4 Å². The van der Waals surface area contributed by atoms with E-state index in [-0.39, 0.29) is 12.6 Å². The van der Waals surface area contributed by atoms with E-state index in [0.717, 1.165) is 44.0 Å². The van der Waals surface area contributed by atoms with Crippen LogP contribution in [0.2, 0.25) is 0 Å². The summed E-state index contributed by atoms with van der Waals surface area (Å²) in [6.07, 6.45) is 0. The molecule has 112 valence electrons. The molecule has 1 atom stereocenters. The molecule has 0 aliphatic carbocycles. The van der Waals surface area contributed by atoms with Gasteiger partial charge in [-0.05, 0) is 24.7 Å². The number of ether oxygens (including phenoxy) is 1. The van der Waals surface area contributed by atoms with E-state index in [0.29, 0.717) is 6.61 Å². The highest BCUT2D eigenvalue weighted by molar-refractivity contribution is 5.29. The Bertz CT molecular complexity index is 389. The van der Waals surface area contributed by atoms with Crippen molar-refractivity contribution in [2.24, 2.45) is 5.73 Å². The minimum absolute atomic E-state index is 0.0381. The van der Waals surface area contributed by atoms with Crippen molar-refractivity contribution < 1.29 is 9.84 Å².